The lowest BCUT2D eigenvalue weighted by atomic mass is 9.49. The molecule has 168 valence electrons. The molecule has 4 bridgehead atoms. The van der Waals surface area contributed by atoms with Crippen LogP contribution in [-0.2, 0) is 14.4 Å². The highest BCUT2D eigenvalue weighted by Crippen LogP contribution is 2.61. The van der Waals surface area contributed by atoms with Gasteiger partial charge in [-0.05, 0) is 86.0 Å². The van der Waals surface area contributed by atoms with Gasteiger partial charge in [0.1, 0.15) is 5.75 Å². The molecule has 4 aliphatic carbocycles. The Morgan fingerprint density at radius 3 is 2.13 bits per heavy atom. The summed E-state index contributed by atoms with van der Waals surface area (Å²) in [6.07, 6.45) is 8.10. The van der Waals surface area contributed by atoms with Gasteiger partial charge in [0.2, 0.25) is 17.7 Å². The third kappa shape index (κ3) is 5.20. The van der Waals surface area contributed by atoms with E-state index in [1.165, 1.54) is 43.4 Å². The molecule has 4 aliphatic rings. The van der Waals surface area contributed by atoms with Gasteiger partial charge in [0.15, 0.2) is 0 Å². The van der Waals surface area contributed by atoms with E-state index in [4.69, 9.17) is 4.74 Å². The number of rotatable bonds is 8. The molecular formula is C24H33N3O4. The summed E-state index contributed by atoms with van der Waals surface area (Å²) in [5, 5.41) is 5.55. The first-order valence-electron chi connectivity index (χ1n) is 11.3. The number of methoxy groups -OCH3 is 1. The standard InChI is InChI=1S/C24H33N3O4/c1-27(15-22(29)26-19-3-5-20(31-2)6-4-19)23(30)14-25-21(28)13-24-10-16-7-17(11-24)9-18(8-16)12-24/h3-6,16-18H,7-15H2,1-2H3,(H,25,28)(H,26,29). The summed E-state index contributed by atoms with van der Waals surface area (Å²) in [5.41, 5.74) is 0.794. The van der Waals surface area contributed by atoms with E-state index in [1.807, 2.05) is 0 Å². The highest BCUT2D eigenvalue weighted by Gasteiger charge is 2.51. The third-order valence-electron chi connectivity index (χ3n) is 7.32. The Labute approximate surface area is 183 Å². The molecule has 2 N–H and O–H groups in total. The van der Waals surface area contributed by atoms with E-state index in [9.17, 15) is 14.4 Å². The van der Waals surface area contributed by atoms with Gasteiger partial charge < -0.3 is 20.3 Å². The van der Waals surface area contributed by atoms with Crippen molar-refractivity contribution in [3.05, 3.63) is 24.3 Å². The molecule has 0 aromatic heterocycles. The molecule has 0 aliphatic heterocycles. The quantitative estimate of drug-likeness (QED) is 0.668. The number of amides is 3. The summed E-state index contributed by atoms with van der Waals surface area (Å²) in [6.45, 7) is -0.146. The summed E-state index contributed by atoms with van der Waals surface area (Å²) >= 11 is 0. The molecule has 4 saturated carbocycles. The summed E-state index contributed by atoms with van der Waals surface area (Å²) in [4.78, 5) is 38.5. The maximum absolute atomic E-state index is 12.6. The van der Waals surface area contributed by atoms with Crippen molar-refractivity contribution in [3.8, 4) is 5.75 Å². The topological polar surface area (TPSA) is 87.7 Å². The van der Waals surface area contributed by atoms with Crippen molar-refractivity contribution in [1.29, 1.82) is 0 Å². The second-order valence-electron chi connectivity index (χ2n) is 9.90. The van der Waals surface area contributed by atoms with Crippen molar-refractivity contribution in [3.63, 3.8) is 0 Å². The number of hydrogen-bond donors (Lipinski definition) is 2. The lowest BCUT2D eigenvalue weighted by molar-refractivity contribution is -0.136. The van der Waals surface area contributed by atoms with Gasteiger partial charge in [-0.15, -0.1) is 0 Å². The van der Waals surface area contributed by atoms with Gasteiger partial charge >= 0.3 is 0 Å². The van der Waals surface area contributed by atoms with E-state index < -0.39 is 0 Å². The molecule has 5 rings (SSSR count). The summed E-state index contributed by atoms with van der Waals surface area (Å²) < 4.78 is 5.09. The average Bonchev–Trinajstić information content (AvgIpc) is 2.71. The normalized spacial score (nSPS) is 28.1. The van der Waals surface area contributed by atoms with Crippen LogP contribution in [0.4, 0.5) is 5.69 Å². The Bertz CT molecular complexity index is 800. The summed E-state index contributed by atoms with van der Waals surface area (Å²) in [7, 11) is 3.15. The molecule has 4 fully saturated rings. The number of nitrogens with zero attached hydrogens (tertiary/aromatic N) is 1. The van der Waals surface area contributed by atoms with E-state index in [2.05, 4.69) is 10.6 Å². The van der Waals surface area contributed by atoms with Gasteiger partial charge in [-0.25, -0.2) is 0 Å². The van der Waals surface area contributed by atoms with Gasteiger partial charge in [-0.1, -0.05) is 0 Å². The van der Waals surface area contributed by atoms with Crippen molar-refractivity contribution < 1.29 is 19.1 Å². The number of carbonyl (C=O) groups is 3. The van der Waals surface area contributed by atoms with Crippen LogP contribution in [0.2, 0.25) is 0 Å². The van der Waals surface area contributed by atoms with Crippen LogP contribution in [0.25, 0.3) is 0 Å². The monoisotopic (exact) mass is 427 g/mol. The van der Waals surface area contributed by atoms with Crippen LogP contribution < -0.4 is 15.4 Å². The molecular weight excluding hydrogens is 394 g/mol. The van der Waals surface area contributed by atoms with Gasteiger partial charge in [0, 0.05) is 19.2 Å². The Morgan fingerprint density at radius 2 is 1.58 bits per heavy atom. The lowest BCUT2D eigenvalue weighted by Gasteiger charge is -2.56. The Morgan fingerprint density at radius 1 is 1.00 bits per heavy atom. The van der Waals surface area contributed by atoms with Crippen molar-refractivity contribution >= 4 is 23.4 Å². The maximum atomic E-state index is 12.6. The second kappa shape index (κ2) is 8.89. The number of nitrogens with one attached hydrogen (secondary N) is 2. The number of carbonyl (C=O) groups excluding carboxylic acids is 3. The van der Waals surface area contributed by atoms with Crippen LogP contribution in [0.5, 0.6) is 5.75 Å². The highest BCUT2D eigenvalue weighted by molar-refractivity contribution is 5.95. The van der Waals surface area contributed by atoms with Crippen LogP contribution in [0.15, 0.2) is 24.3 Å². The first-order valence-corrected chi connectivity index (χ1v) is 11.3. The fourth-order valence-electron chi connectivity index (χ4n) is 6.40. The fourth-order valence-corrected chi connectivity index (χ4v) is 6.40. The van der Waals surface area contributed by atoms with E-state index >= 15 is 0 Å². The van der Waals surface area contributed by atoms with Gasteiger partial charge in [-0.2, -0.15) is 0 Å². The second-order valence-corrected chi connectivity index (χ2v) is 9.90. The molecule has 0 radical (unpaired) electrons. The van der Waals surface area contributed by atoms with Crippen LogP contribution >= 0.6 is 0 Å². The molecule has 0 saturated heterocycles. The molecule has 0 heterocycles. The Kier molecular flexibility index (Phi) is 6.21. The lowest BCUT2D eigenvalue weighted by Crippen LogP contribution is -2.48. The van der Waals surface area contributed by atoms with Gasteiger partial charge in [-0.3, -0.25) is 14.4 Å². The van der Waals surface area contributed by atoms with E-state index in [-0.39, 0.29) is 36.2 Å². The van der Waals surface area contributed by atoms with E-state index in [0.717, 1.165) is 17.8 Å². The van der Waals surface area contributed by atoms with Crippen molar-refractivity contribution in [2.75, 3.05) is 32.6 Å². The molecule has 1 aromatic rings. The zero-order valence-electron chi connectivity index (χ0n) is 18.5. The van der Waals surface area contributed by atoms with Crippen molar-refractivity contribution in [2.45, 2.75) is 44.9 Å². The largest absolute Gasteiger partial charge is 0.497 e. The third-order valence-corrected chi connectivity index (χ3v) is 7.32. The molecule has 0 unspecified atom stereocenters. The Balaban J connectivity index is 1.20. The summed E-state index contributed by atoms with van der Waals surface area (Å²) in [5.74, 6) is 2.51. The van der Waals surface area contributed by atoms with Crippen molar-refractivity contribution in [1.82, 2.24) is 10.2 Å². The zero-order chi connectivity index (χ0) is 22.0. The molecule has 1 aromatic carbocycles. The van der Waals surface area contributed by atoms with Gasteiger partial charge in [0.05, 0.1) is 20.2 Å². The fraction of sp³-hybridized carbons (Fsp3) is 0.625. The predicted molar refractivity (Wildman–Crippen MR) is 117 cm³/mol. The number of ether oxygens (including phenoxy) is 1. The first-order chi connectivity index (χ1) is 14.8. The number of anilines is 1. The smallest absolute Gasteiger partial charge is 0.243 e. The predicted octanol–water partition coefficient (Wildman–Crippen LogP) is 2.81. The Hall–Kier alpha value is -2.57. The average molecular weight is 428 g/mol. The zero-order valence-corrected chi connectivity index (χ0v) is 18.5. The van der Waals surface area contributed by atoms with Crippen molar-refractivity contribution in [2.24, 2.45) is 23.2 Å². The van der Waals surface area contributed by atoms with Crippen LogP contribution in [0.3, 0.4) is 0 Å². The SMILES string of the molecule is COc1ccc(NC(=O)CN(C)C(=O)CNC(=O)CC23CC4CC(CC(C4)C2)C3)cc1. The van der Waals surface area contributed by atoms with Crippen LogP contribution in [0, 0.1) is 23.2 Å². The molecule has 0 atom stereocenters. The van der Waals surface area contributed by atoms with E-state index in [1.54, 1.807) is 38.4 Å². The minimum atomic E-state index is -0.291. The van der Waals surface area contributed by atoms with E-state index in [0.29, 0.717) is 17.9 Å². The van der Waals surface area contributed by atoms with Crippen LogP contribution in [0.1, 0.15) is 44.9 Å². The molecule has 7 heteroatoms. The molecule has 31 heavy (non-hydrogen) atoms. The minimum absolute atomic E-state index is 0.0358. The minimum Gasteiger partial charge on any atom is -0.497 e. The summed E-state index contributed by atoms with van der Waals surface area (Å²) in [6, 6.07) is 6.99. The number of likely N-dealkylation sites (N-methyl/N-ethyl adjacent to an activating group) is 1. The number of hydrogen-bond acceptors (Lipinski definition) is 4. The number of benzene rings is 1. The highest BCUT2D eigenvalue weighted by atomic mass is 16.5. The van der Waals surface area contributed by atoms with Crippen LogP contribution in [-0.4, -0.2) is 49.9 Å². The van der Waals surface area contributed by atoms with Gasteiger partial charge in [0.25, 0.3) is 0 Å². The molecule has 3 amide bonds. The first kappa shape index (κ1) is 21.7. The molecule has 7 nitrogen and oxygen atoms in total. The maximum Gasteiger partial charge on any atom is 0.243 e. The molecule has 0 spiro atoms.